The number of rotatable bonds is 3. The van der Waals surface area contributed by atoms with Crippen molar-refractivity contribution < 1.29 is 19.4 Å². The Labute approximate surface area is 130 Å². The van der Waals surface area contributed by atoms with Crippen molar-refractivity contribution in [2.45, 2.75) is 58.6 Å². The van der Waals surface area contributed by atoms with Crippen LogP contribution in [0.1, 0.15) is 58.8 Å². The van der Waals surface area contributed by atoms with E-state index in [1.165, 1.54) is 0 Å². The number of hydrogen-bond donors (Lipinski definition) is 2. The number of aliphatic carboxylic acids is 1. The number of alkyl carbamates (subject to hydrolysis) is 1. The molecule has 124 valence electrons. The highest BCUT2D eigenvalue weighted by molar-refractivity contribution is 5.81. The Morgan fingerprint density at radius 3 is 2.23 bits per heavy atom. The van der Waals surface area contributed by atoms with Crippen LogP contribution in [0.4, 0.5) is 4.79 Å². The molecule has 7 nitrogen and oxygen atoms in total. The summed E-state index contributed by atoms with van der Waals surface area (Å²) >= 11 is 0. The molecule has 2 N–H and O–H groups in total. The summed E-state index contributed by atoms with van der Waals surface area (Å²) in [7, 11) is 1.71. The number of hydrogen-bond acceptors (Lipinski definition) is 4. The van der Waals surface area contributed by atoms with Gasteiger partial charge in [-0.3, -0.25) is 4.68 Å². The average molecular weight is 311 g/mol. The van der Waals surface area contributed by atoms with Gasteiger partial charge in [0, 0.05) is 24.2 Å². The van der Waals surface area contributed by atoms with E-state index in [4.69, 9.17) is 4.74 Å². The van der Waals surface area contributed by atoms with E-state index in [1.807, 2.05) is 20.8 Å². The third-order valence-electron chi connectivity index (χ3n) is 2.79. The molecule has 0 aliphatic carbocycles. The zero-order chi connectivity index (χ0) is 17.3. The topological polar surface area (TPSA) is 93.5 Å². The van der Waals surface area contributed by atoms with Crippen LogP contribution >= 0.6 is 0 Å². The lowest BCUT2D eigenvalue weighted by Crippen LogP contribution is -2.38. The van der Waals surface area contributed by atoms with E-state index in [-0.39, 0.29) is 5.41 Å². The Hall–Kier alpha value is -2.05. The van der Waals surface area contributed by atoms with Crippen molar-refractivity contribution in [3.63, 3.8) is 0 Å². The van der Waals surface area contributed by atoms with Crippen LogP contribution in [-0.2, 0) is 22.0 Å². The molecule has 1 heterocycles. The molecule has 0 fully saturated rings. The molecule has 1 aromatic rings. The van der Waals surface area contributed by atoms with E-state index >= 15 is 0 Å². The number of ether oxygens (including phenoxy) is 1. The molecule has 1 aromatic heterocycles. The van der Waals surface area contributed by atoms with Crippen molar-refractivity contribution in [2.24, 2.45) is 7.05 Å². The third kappa shape index (κ3) is 4.75. The van der Waals surface area contributed by atoms with Gasteiger partial charge in [0.05, 0.1) is 5.69 Å². The van der Waals surface area contributed by atoms with Crippen LogP contribution < -0.4 is 5.32 Å². The van der Waals surface area contributed by atoms with Crippen LogP contribution in [0.25, 0.3) is 0 Å². The van der Waals surface area contributed by atoms with Gasteiger partial charge in [0.25, 0.3) is 0 Å². The van der Waals surface area contributed by atoms with E-state index in [2.05, 4.69) is 10.4 Å². The predicted molar refractivity (Wildman–Crippen MR) is 81.7 cm³/mol. The number of nitrogens with one attached hydrogen (secondary N) is 1. The second-order valence-electron chi connectivity index (χ2n) is 7.27. The van der Waals surface area contributed by atoms with Crippen molar-refractivity contribution in [1.29, 1.82) is 0 Å². The first-order valence-corrected chi connectivity index (χ1v) is 7.07. The lowest BCUT2D eigenvalue weighted by molar-refractivity contribution is -0.139. The van der Waals surface area contributed by atoms with Crippen molar-refractivity contribution in [3.8, 4) is 0 Å². The normalized spacial score (nSPS) is 13.6. The fourth-order valence-electron chi connectivity index (χ4n) is 2.00. The minimum absolute atomic E-state index is 0.347. The van der Waals surface area contributed by atoms with Crippen molar-refractivity contribution in [1.82, 2.24) is 15.1 Å². The molecule has 0 bridgehead atoms. The van der Waals surface area contributed by atoms with Gasteiger partial charge < -0.3 is 15.2 Å². The van der Waals surface area contributed by atoms with E-state index in [9.17, 15) is 14.7 Å². The van der Waals surface area contributed by atoms with Gasteiger partial charge in [-0.05, 0) is 20.8 Å². The summed E-state index contributed by atoms with van der Waals surface area (Å²) in [5, 5.41) is 16.2. The van der Waals surface area contributed by atoms with Gasteiger partial charge in [-0.2, -0.15) is 5.10 Å². The smallest absolute Gasteiger partial charge is 0.408 e. The molecule has 1 amide bonds. The molecule has 0 aromatic carbocycles. The number of nitrogens with zero attached hydrogens (tertiary/aromatic N) is 2. The second kappa shape index (κ2) is 5.98. The van der Waals surface area contributed by atoms with Crippen LogP contribution in [-0.4, -0.2) is 32.6 Å². The maximum Gasteiger partial charge on any atom is 0.408 e. The summed E-state index contributed by atoms with van der Waals surface area (Å²) in [6, 6.07) is -1.21. The second-order valence-corrected chi connectivity index (χ2v) is 7.27. The van der Waals surface area contributed by atoms with Gasteiger partial charge in [0.1, 0.15) is 5.60 Å². The Balaban J connectivity index is 3.13. The predicted octanol–water partition coefficient (Wildman–Crippen LogP) is 2.37. The van der Waals surface area contributed by atoms with Crippen molar-refractivity contribution >= 4 is 12.1 Å². The zero-order valence-corrected chi connectivity index (χ0v) is 14.2. The highest BCUT2D eigenvalue weighted by Crippen LogP contribution is 2.28. The maximum atomic E-state index is 11.9. The van der Waals surface area contributed by atoms with Gasteiger partial charge >= 0.3 is 12.1 Å². The molecule has 7 heteroatoms. The summed E-state index contributed by atoms with van der Waals surface area (Å²) in [6.45, 7) is 11.0. The van der Waals surface area contributed by atoms with Gasteiger partial charge in [-0.25, -0.2) is 9.59 Å². The highest BCUT2D eigenvalue weighted by Gasteiger charge is 2.32. The molecule has 0 aliphatic rings. The number of carbonyl (C=O) groups excluding carboxylic acids is 1. The highest BCUT2D eigenvalue weighted by atomic mass is 16.6. The van der Waals surface area contributed by atoms with Crippen LogP contribution in [0, 0.1) is 0 Å². The number of carboxylic acid groups (broad SMARTS) is 1. The zero-order valence-electron chi connectivity index (χ0n) is 14.2. The summed E-state index contributed by atoms with van der Waals surface area (Å²) in [6.07, 6.45) is 0.833. The van der Waals surface area contributed by atoms with Crippen LogP contribution in [0.15, 0.2) is 6.20 Å². The number of amides is 1. The average Bonchev–Trinajstić information content (AvgIpc) is 2.64. The lowest BCUT2D eigenvalue weighted by Gasteiger charge is -2.24. The largest absolute Gasteiger partial charge is 0.479 e. The molecule has 1 unspecified atom stereocenters. The molecule has 0 saturated heterocycles. The standard InChI is InChI=1S/C15H25N3O4/c1-14(2,3)11-9(8-18(7)17-11)10(12(19)20)16-13(21)22-15(4,5)6/h8,10H,1-7H3,(H,16,21)(H,19,20). The van der Waals surface area contributed by atoms with Crippen LogP contribution in [0.2, 0.25) is 0 Å². The molecule has 22 heavy (non-hydrogen) atoms. The minimum Gasteiger partial charge on any atom is -0.479 e. The van der Waals surface area contributed by atoms with Crippen molar-refractivity contribution in [3.05, 3.63) is 17.5 Å². The number of carboxylic acids is 1. The lowest BCUT2D eigenvalue weighted by atomic mass is 9.87. The minimum atomic E-state index is -1.21. The monoisotopic (exact) mass is 311 g/mol. The first-order chi connectivity index (χ1) is 9.81. The Kier molecular flexibility index (Phi) is 4.89. The first-order valence-electron chi connectivity index (χ1n) is 7.07. The molecular weight excluding hydrogens is 286 g/mol. The molecule has 0 radical (unpaired) electrons. The SMILES string of the molecule is Cn1cc(C(NC(=O)OC(C)(C)C)C(=O)O)c(C(C)(C)C)n1. The van der Waals surface area contributed by atoms with Gasteiger partial charge in [0.2, 0.25) is 0 Å². The molecule has 1 rings (SSSR count). The van der Waals surface area contributed by atoms with Crippen LogP contribution in [0.3, 0.4) is 0 Å². The van der Waals surface area contributed by atoms with E-state index in [0.29, 0.717) is 11.3 Å². The summed E-state index contributed by atoms with van der Waals surface area (Å²) in [4.78, 5) is 23.5. The molecule has 1 atom stereocenters. The summed E-state index contributed by atoms with van der Waals surface area (Å²) in [5.74, 6) is -1.16. The van der Waals surface area contributed by atoms with E-state index < -0.39 is 23.7 Å². The number of aromatic nitrogens is 2. The van der Waals surface area contributed by atoms with Gasteiger partial charge in [0.15, 0.2) is 6.04 Å². The third-order valence-corrected chi connectivity index (χ3v) is 2.79. The fraction of sp³-hybridized carbons (Fsp3) is 0.667. The van der Waals surface area contributed by atoms with Gasteiger partial charge in [-0.15, -0.1) is 0 Å². The Bertz CT molecular complexity index is 564. The molecule has 0 aliphatic heterocycles. The maximum absolute atomic E-state index is 11.9. The van der Waals surface area contributed by atoms with E-state index in [1.54, 1.807) is 38.7 Å². The fourth-order valence-corrected chi connectivity index (χ4v) is 2.00. The molecule has 0 saturated carbocycles. The molecule has 0 spiro atoms. The first kappa shape index (κ1) is 18.0. The number of carbonyl (C=O) groups is 2. The van der Waals surface area contributed by atoms with Crippen molar-refractivity contribution in [2.75, 3.05) is 0 Å². The summed E-state index contributed by atoms with van der Waals surface area (Å²) in [5.41, 5.74) is 0.0290. The van der Waals surface area contributed by atoms with Crippen LogP contribution in [0.5, 0.6) is 0 Å². The Morgan fingerprint density at radius 2 is 1.82 bits per heavy atom. The quantitative estimate of drug-likeness (QED) is 0.894. The van der Waals surface area contributed by atoms with Gasteiger partial charge in [-0.1, -0.05) is 20.8 Å². The summed E-state index contributed by atoms with van der Waals surface area (Å²) < 4.78 is 6.68. The number of aryl methyl sites for hydroxylation is 1. The van der Waals surface area contributed by atoms with E-state index in [0.717, 1.165) is 0 Å². The Morgan fingerprint density at radius 1 is 1.27 bits per heavy atom. The molecular formula is C15H25N3O4.